The van der Waals surface area contributed by atoms with Crippen LogP contribution < -0.4 is 10.6 Å². The number of rotatable bonds is 8. The maximum atomic E-state index is 14.1. The van der Waals surface area contributed by atoms with E-state index in [1.807, 2.05) is 6.07 Å². The Balaban J connectivity index is 1.95. The molecule has 1 unspecified atom stereocenters. The fourth-order valence-electron chi connectivity index (χ4n) is 3.01. The minimum atomic E-state index is -1.66. The van der Waals surface area contributed by atoms with E-state index < -0.39 is 23.3 Å². The lowest BCUT2D eigenvalue weighted by Crippen LogP contribution is -2.42. The molecule has 3 heterocycles. The lowest BCUT2D eigenvalue weighted by atomic mass is 10.0. The van der Waals surface area contributed by atoms with E-state index in [4.69, 9.17) is 5.26 Å². The van der Waals surface area contributed by atoms with Gasteiger partial charge < -0.3 is 20.8 Å². The van der Waals surface area contributed by atoms with Crippen LogP contribution in [-0.4, -0.2) is 61.1 Å². The van der Waals surface area contributed by atoms with Crippen LogP contribution in [0.15, 0.2) is 36.8 Å². The molecule has 10 heteroatoms. The summed E-state index contributed by atoms with van der Waals surface area (Å²) in [5, 5.41) is 35.2. The molecule has 1 atom stereocenters. The summed E-state index contributed by atoms with van der Waals surface area (Å²) in [6.07, 6.45) is 2.91. The van der Waals surface area contributed by atoms with Crippen molar-refractivity contribution >= 4 is 22.6 Å². The minimum Gasteiger partial charge on any atom is -0.389 e. The summed E-state index contributed by atoms with van der Waals surface area (Å²) in [5.74, 6) is -0.120. The Kier molecular flexibility index (Phi) is 6.67. The van der Waals surface area contributed by atoms with Gasteiger partial charge in [0.2, 0.25) is 0 Å². The average Bonchev–Trinajstić information content (AvgIpc) is 3.17. The summed E-state index contributed by atoms with van der Waals surface area (Å²) in [6.45, 7) is 5.66. The van der Waals surface area contributed by atoms with E-state index in [-0.39, 0.29) is 18.7 Å². The van der Waals surface area contributed by atoms with E-state index in [1.54, 1.807) is 42.8 Å². The predicted octanol–water partition coefficient (Wildman–Crippen LogP) is 2.31. The zero-order valence-corrected chi connectivity index (χ0v) is 18.9. The van der Waals surface area contributed by atoms with Crippen molar-refractivity contribution in [2.45, 2.75) is 45.1 Å². The van der Waals surface area contributed by atoms with Crippen molar-refractivity contribution in [3.63, 3.8) is 0 Å². The zero-order chi connectivity index (χ0) is 24.4. The highest BCUT2D eigenvalue weighted by Gasteiger charge is 2.27. The van der Waals surface area contributed by atoms with E-state index in [2.05, 4.69) is 20.6 Å². The monoisotopic (exact) mass is 454 g/mol. The second kappa shape index (κ2) is 9.13. The van der Waals surface area contributed by atoms with Gasteiger partial charge in [0.25, 0.3) is 5.91 Å². The molecule has 0 fully saturated rings. The number of alkyl halides is 1. The number of aromatic nitrogens is 3. The van der Waals surface area contributed by atoms with Crippen LogP contribution in [0.2, 0.25) is 0 Å². The molecule has 0 radical (unpaired) electrons. The maximum absolute atomic E-state index is 14.1. The summed E-state index contributed by atoms with van der Waals surface area (Å²) in [7, 11) is 0. The predicted molar refractivity (Wildman–Crippen MR) is 122 cm³/mol. The highest BCUT2D eigenvalue weighted by Crippen LogP contribution is 2.23. The molecule has 1 amide bonds. The molecule has 0 aliphatic rings. The highest BCUT2D eigenvalue weighted by molar-refractivity contribution is 5.99. The van der Waals surface area contributed by atoms with Crippen LogP contribution in [0.1, 0.15) is 43.6 Å². The molecule has 3 rings (SSSR count). The van der Waals surface area contributed by atoms with Crippen molar-refractivity contribution < 1.29 is 19.4 Å². The number of anilines is 1. The van der Waals surface area contributed by atoms with Gasteiger partial charge in [-0.25, -0.2) is 14.4 Å². The van der Waals surface area contributed by atoms with Gasteiger partial charge in [-0.1, -0.05) is 0 Å². The largest absolute Gasteiger partial charge is 0.389 e. The zero-order valence-electron chi connectivity index (χ0n) is 18.9. The molecule has 0 aliphatic carbocycles. The molecule has 4 N–H and O–H groups in total. The van der Waals surface area contributed by atoms with Crippen LogP contribution in [0, 0.1) is 11.3 Å². The third-order valence-electron chi connectivity index (χ3n) is 4.96. The molecule has 0 spiro atoms. The number of carbonyl (C=O) groups excluding carboxylic acids is 1. The summed E-state index contributed by atoms with van der Waals surface area (Å²) in [4.78, 5) is 21.4. The lowest BCUT2D eigenvalue weighted by Gasteiger charge is -2.23. The molecule has 9 nitrogen and oxygen atoms in total. The van der Waals surface area contributed by atoms with E-state index in [9.17, 15) is 19.4 Å². The van der Waals surface area contributed by atoms with Crippen LogP contribution in [0.5, 0.6) is 0 Å². The topological polar surface area (TPSA) is 136 Å². The van der Waals surface area contributed by atoms with Gasteiger partial charge in [-0.05, 0) is 39.8 Å². The Morgan fingerprint density at radius 1 is 1.24 bits per heavy atom. The lowest BCUT2D eigenvalue weighted by molar-refractivity contribution is -0.00178. The molecule has 33 heavy (non-hydrogen) atoms. The quantitative estimate of drug-likeness (QED) is 0.410. The number of nitrogens with one attached hydrogen (secondary N) is 2. The average molecular weight is 455 g/mol. The molecule has 0 saturated carbocycles. The number of hydrogen-bond donors (Lipinski definition) is 4. The molecule has 0 aromatic carbocycles. The number of carbonyl (C=O) groups is 1. The summed E-state index contributed by atoms with van der Waals surface area (Å²) >= 11 is 0. The smallest absolute Gasteiger partial charge is 0.255 e. The number of aliphatic hydroxyl groups is 2. The number of halogens is 1. The highest BCUT2D eigenvalue weighted by atomic mass is 19.1. The van der Waals surface area contributed by atoms with Crippen molar-refractivity contribution in [1.82, 2.24) is 19.9 Å². The number of nitrogens with zero attached hydrogens (tertiary/aromatic N) is 4. The van der Waals surface area contributed by atoms with Crippen molar-refractivity contribution in [1.29, 1.82) is 5.26 Å². The van der Waals surface area contributed by atoms with Gasteiger partial charge in [-0.15, -0.1) is 0 Å². The summed E-state index contributed by atoms with van der Waals surface area (Å²) in [5.41, 5.74) is -1.10. The molecule has 3 aromatic rings. The minimum absolute atomic E-state index is 0.141. The third-order valence-corrected chi connectivity index (χ3v) is 4.96. The first-order chi connectivity index (χ1) is 15.4. The second-order valence-electron chi connectivity index (χ2n) is 9.02. The first-order valence-electron chi connectivity index (χ1n) is 10.4. The number of pyridine rings is 2. The van der Waals surface area contributed by atoms with Gasteiger partial charge in [-0.2, -0.15) is 5.26 Å². The van der Waals surface area contributed by atoms with Crippen LogP contribution >= 0.6 is 0 Å². The van der Waals surface area contributed by atoms with Gasteiger partial charge in [0, 0.05) is 36.6 Å². The van der Waals surface area contributed by atoms with Crippen molar-refractivity contribution in [3.8, 4) is 11.9 Å². The van der Waals surface area contributed by atoms with Crippen LogP contribution in [0.25, 0.3) is 16.9 Å². The summed E-state index contributed by atoms with van der Waals surface area (Å²) in [6, 6.07) is 7.19. The Hall–Kier alpha value is -3.55. The van der Waals surface area contributed by atoms with Crippen molar-refractivity contribution in [2.24, 2.45) is 0 Å². The van der Waals surface area contributed by atoms with E-state index in [0.717, 1.165) is 5.39 Å². The molecule has 0 aliphatic heterocycles. The van der Waals surface area contributed by atoms with Crippen molar-refractivity contribution in [2.75, 3.05) is 18.4 Å². The Bertz CT molecular complexity index is 1200. The van der Waals surface area contributed by atoms with Crippen molar-refractivity contribution in [3.05, 3.63) is 47.9 Å². The molecule has 3 aromatic heterocycles. The molecule has 0 saturated heterocycles. The molecular formula is C23H27FN6O3. The van der Waals surface area contributed by atoms with Gasteiger partial charge >= 0.3 is 0 Å². The number of fused-ring (bicyclic) bond motifs is 1. The second-order valence-corrected chi connectivity index (χ2v) is 9.02. The molecule has 0 bridgehead atoms. The van der Waals surface area contributed by atoms with E-state index in [1.165, 1.54) is 26.2 Å². The number of hydrogen-bond acceptors (Lipinski definition) is 7. The Morgan fingerprint density at radius 2 is 1.97 bits per heavy atom. The van der Waals surface area contributed by atoms with Gasteiger partial charge in [0.15, 0.2) is 0 Å². The first kappa shape index (κ1) is 24.1. The fraction of sp³-hybridized carbons (Fsp3) is 0.391. The molecule has 174 valence electrons. The van der Waals surface area contributed by atoms with E-state index in [0.29, 0.717) is 22.7 Å². The first-order valence-corrected chi connectivity index (χ1v) is 10.4. The van der Waals surface area contributed by atoms with Gasteiger partial charge in [-0.3, -0.25) is 9.36 Å². The standard InChI is InChI=1S/C23H27FN6O3/c1-22(2,32)13-29-17-8-19(30-6-5-15-7-14(9-25)10-27-20(15)30)26-11-16(17)21(31)28-12-18(24)23(3,4)33/h5-8,10-11,18,32-33H,12-13H2,1-4H3,(H,26,29)(H,28,31). The van der Waals surface area contributed by atoms with Crippen LogP contribution in [-0.2, 0) is 0 Å². The van der Waals surface area contributed by atoms with Crippen LogP contribution in [0.3, 0.4) is 0 Å². The Morgan fingerprint density at radius 3 is 2.61 bits per heavy atom. The van der Waals surface area contributed by atoms with Gasteiger partial charge in [0.05, 0.1) is 34.6 Å². The Labute approximate surface area is 190 Å². The normalized spacial score (nSPS) is 12.9. The van der Waals surface area contributed by atoms with Gasteiger partial charge in [0.1, 0.15) is 23.7 Å². The number of nitriles is 1. The van der Waals surface area contributed by atoms with E-state index >= 15 is 0 Å². The fourth-order valence-corrected chi connectivity index (χ4v) is 3.01. The van der Waals surface area contributed by atoms with Crippen LogP contribution in [0.4, 0.5) is 10.1 Å². The number of amides is 1. The molecular weight excluding hydrogens is 427 g/mol. The maximum Gasteiger partial charge on any atom is 0.255 e. The third kappa shape index (κ3) is 5.83. The SMILES string of the molecule is CC(C)(O)CNc1cc(-n2ccc3cc(C#N)cnc32)ncc1C(=O)NCC(F)C(C)(C)O. The summed E-state index contributed by atoms with van der Waals surface area (Å²) < 4.78 is 15.8.